The van der Waals surface area contributed by atoms with Gasteiger partial charge in [0, 0.05) is 6.54 Å². The molecule has 0 aliphatic carbocycles. The van der Waals surface area contributed by atoms with Gasteiger partial charge in [-0.3, -0.25) is 9.59 Å². The Balaban J connectivity index is 1.92. The van der Waals surface area contributed by atoms with Gasteiger partial charge in [0.25, 0.3) is 5.91 Å². The molecule has 0 bridgehead atoms. The lowest BCUT2D eigenvalue weighted by Crippen LogP contribution is -2.28. The van der Waals surface area contributed by atoms with Crippen LogP contribution in [-0.2, 0) is 21.1 Å². The van der Waals surface area contributed by atoms with Crippen LogP contribution in [0.15, 0.2) is 67.3 Å². The number of hydrogen-bond donors (Lipinski definition) is 2. The summed E-state index contributed by atoms with van der Waals surface area (Å²) in [4.78, 5) is 24.4. The minimum absolute atomic E-state index is 0.0726. The predicted molar refractivity (Wildman–Crippen MR) is 111 cm³/mol. The number of anilines is 1. The smallest absolute Gasteiger partial charge is 0.253 e. The van der Waals surface area contributed by atoms with Gasteiger partial charge < -0.3 is 10.6 Å². The van der Waals surface area contributed by atoms with Gasteiger partial charge >= 0.3 is 0 Å². The Bertz CT molecular complexity index is 924. The van der Waals surface area contributed by atoms with Gasteiger partial charge in [0.15, 0.2) is 9.84 Å². The maximum absolute atomic E-state index is 12.2. The van der Waals surface area contributed by atoms with Crippen molar-refractivity contribution >= 4 is 27.3 Å². The molecule has 0 aliphatic heterocycles. The number of amides is 2. The summed E-state index contributed by atoms with van der Waals surface area (Å²) in [7, 11) is -3.54. The second-order valence-electron chi connectivity index (χ2n) is 6.27. The van der Waals surface area contributed by atoms with E-state index in [1.54, 1.807) is 30.3 Å². The van der Waals surface area contributed by atoms with Crippen molar-refractivity contribution in [3.63, 3.8) is 0 Å². The molecule has 2 N–H and O–H groups in total. The fourth-order valence-corrected chi connectivity index (χ4v) is 3.85. The number of para-hydroxylation sites is 1. The summed E-state index contributed by atoms with van der Waals surface area (Å²) in [5, 5.41) is 5.15. The summed E-state index contributed by atoms with van der Waals surface area (Å²) in [6.07, 6.45) is 2.62. The Hall–Kier alpha value is -2.93. The largest absolute Gasteiger partial charge is 0.349 e. The molecule has 0 spiro atoms. The van der Waals surface area contributed by atoms with E-state index in [0.29, 0.717) is 12.8 Å². The molecule has 2 rings (SSSR count). The molecule has 0 unspecified atom stereocenters. The zero-order valence-corrected chi connectivity index (χ0v) is 16.4. The van der Waals surface area contributed by atoms with Gasteiger partial charge in [-0.15, -0.1) is 6.58 Å². The van der Waals surface area contributed by atoms with E-state index in [-0.39, 0.29) is 29.5 Å². The van der Waals surface area contributed by atoms with Crippen LogP contribution in [0.2, 0.25) is 0 Å². The van der Waals surface area contributed by atoms with Crippen molar-refractivity contribution in [1.29, 1.82) is 0 Å². The van der Waals surface area contributed by atoms with Gasteiger partial charge in [-0.1, -0.05) is 48.5 Å². The van der Waals surface area contributed by atoms with Crippen LogP contribution in [0, 0.1) is 0 Å². The van der Waals surface area contributed by atoms with Crippen molar-refractivity contribution in [3.8, 4) is 0 Å². The van der Waals surface area contributed by atoms with Crippen LogP contribution >= 0.6 is 0 Å². The van der Waals surface area contributed by atoms with E-state index in [1.165, 1.54) is 0 Å². The number of benzene rings is 2. The van der Waals surface area contributed by atoms with Crippen molar-refractivity contribution in [1.82, 2.24) is 5.32 Å². The molecule has 0 radical (unpaired) electrons. The number of carbonyl (C=O) groups excluding carboxylic acids is 2. The average molecular weight is 401 g/mol. The van der Waals surface area contributed by atoms with E-state index in [9.17, 15) is 18.0 Å². The molecule has 2 amide bonds. The lowest BCUT2D eigenvalue weighted by molar-refractivity contribution is -0.113. The van der Waals surface area contributed by atoms with Crippen LogP contribution in [0.5, 0.6) is 0 Å². The highest BCUT2D eigenvalue weighted by Crippen LogP contribution is 2.15. The minimum Gasteiger partial charge on any atom is -0.349 e. The van der Waals surface area contributed by atoms with E-state index >= 15 is 0 Å². The summed E-state index contributed by atoms with van der Waals surface area (Å²) in [5.74, 6) is -1.73. The van der Waals surface area contributed by atoms with Crippen LogP contribution in [0.25, 0.3) is 0 Å². The highest BCUT2D eigenvalue weighted by atomic mass is 32.2. The third kappa shape index (κ3) is 7.00. The number of carbonyl (C=O) groups is 2. The normalized spacial score (nSPS) is 10.9. The van der Waals surface area contributed by atoms with E-state index in [2.05, 4.69) is 17.2 Å². The van der Waals surface area contributed by atoms with E-state index in [4.69, 9.17) is 0 Å². The molecular formula is C21H24N2O4S. The summed E-state index contributed by atoms with van der Waals surface area (Å²) in [6.45, 7) is 3.82. The highest BCUT2D eigenvalue weighted by molar-refractivity contribution is 7.92. The lowest BCUT2D eigenvalue weighted by Gasteiger charge is -2.11. The molecule has 28 heavy (non-hydrogen) atoms. The fraction of sp³-hybridized carbons (Fsp3) is 0.238. The summed E-state index contributed by atoms with van der Waals surface area (Å²) in [6, 6.07) is 16.0. The van der Waals surface area contributed by atoms with Gasteiger partial charge in [-0.25, -0.2) is 8.42 Å². The summed E-state index contributed by atoms with van der Waals surface area (Å²) < 4.78 is 24.5. The SMILES string of the molecule is C=CCNC(=O)c1ccccc1NC(=O)CS(=O)(=O)CCCc1ccccc1. The minimum atomic E-state index is -3.54. The molecule has 148 valence electrons. The number of aryl methyl sites for hydroxylation is 1. The first-order valence-corrected chi connectivity index (χ1v) is 10.8. The molecule has 0 fully saturated rings. The van der Waals surface area contributed by atoms with Crippen LogP contribution in [0.3, 0.4) is 0 Å². The van der Waals surface area contributed by atoms with Gasteiger partial charge in [0.2, 0.25) is 5.91 Å². The van der Waals surface area contributed by atoms with Crippen LogP contribution in [0.1, 0.15) is 22.3 Å². The number of rotatable bonds is 10. The summed E-state index contributed by atoms with van der Waals surface area (Å²) >= 11 is 0. The van der Waals surface area contributed by atoms with Crippen molar-refractivity contribution in [2.75, 3.05) is 23.4 Å². The quantitative estimate of drug-likeness (QED) is 0.600. The zero-order chi connectivity index (χ0) is 20.4. The van der Waals surface area contributed by atoms with Crippen molar-refractivity contribution in [2.45, 2.75) is 12.8 Å². The molecule has 2 aromatic carbocycles. The molecule has 0 atom stereocenters. The second-order valence-corrected chi connectivity index (χ2v) is 8.46. The molecule has 7 heteroatoms. The maximum Gasteiger partial charge on any atom is 0.253 e. The van der Waals surface area contributed by atoms with Gasteiger partial charge in [-0.05, 0) is 30.5 Å². The van der Waals surface area contributed by atoms with Crippen LogP contribution < -0.4 is 10.6 Å². The molecule has 2 aromatic rings. The average Bonchev–Trinajstić information content (AvgIpc) is 2.66. The Kier molecular flexibility index (Phi) is 7.95. The van der Waals surface area contributed by atoms with Crippen molar-refractivity contribution in [3.05, 3.63) is 78.4 Å². The maximum atomic E-state index is 12.2. The highest BCUT2D eigenvalue weighted by Gasteiger charge is 2.18. The molecule has 6 nitrogen and oxygen atoms in total. The van der Waals surface area contributed by atoms with Gasteiger partial charge in [-0.2, -0.15) is 0 Å². The molecule has 0 saturated heterocycles. The van der Waals surface area contributed by atoms with Crippen molar-refractivity contribution < 1.29 is 18.0 Å². The Morgan fingerprint density at radius 2 is 1.68 bits per heavy atom. The number of nitrogens with one attached hydrogen (secondary N) is 2. The van der Waals surface area contributed by atoms with Gasteiger partial charge in [0.1, 0.15) is 5.75 Å². The first kappa shape index (κ1) is 21.4. The number of hydrogen-bond acceptors (Lipinski definition) is 4. The molecule has 0 aromatic heterocycles. The van der Waals surface area contributed by atoms with E-state index < -0.39 is 21.5 Å². The van der Waals surface area contributed by atoms with Crippen molar-refractivity contribution in [2.24, 2.45) is 0 Å². The van der Waals surface area contributed by atoms with Crippen LogP contribution in [0.4, 0.5) is 5.69 Å². The van der Waals surface area contributed by atoms with E-state index in [0.717, 1.165) is 5.56 Å². The molecule has 0 aliphatic rings. The zero-order valence-electron chi connectivity index (χ0n) is 15.6. The standard InChI is InChI=1S/C21H24N2O4S/c1-2-14-22-21(25)18-12-6-7-13-19(18)23-20(24)16-28(26,27)15-8-11-17-9-4-3-5-10-17/h2-7,9-10,12-13H,1,8,11,14-16H2,(H,22,25)(H,23,24). The molecule has 0 heterocycles. The third-order valence-electron chi connectivity index (χ3n) is 3.97. The number of sulfone groups is 1. The van der Waals surface area contributed by atoms with Gasteiger partial charge in [0.05, 0.1) is 17.0 Å². The molecular weight excluding hydrogens is 376 g/mol. The summed E-state index contributed by atoms with van der Waals surface area (Å²) in [5.41, 5.74) is 1.59. The lowest BCUT2D eigenvalue weighted by atomic mass is 10.1. The van der Waals surface area contributed by atoms with Crippen LogP contribution in [-0.4, -0.2) is 38.3 Å². The first-order chi connectivity index (χ1) is 13.4. The van der Waals surface area contributed by atoms with E-state index in [1.807, 2.05) is 30.3 Å². The fourth-order valence-electron chi connectivity index (χ4n) is 2.65. The molecule has 0 saturated carbocycles. The Labute approximate surface area is 165 Å². The predicted octanol–water partition coefficient (Wildman–Crippen LogP) is 2.59. The topological polar surface area (TPSA) is 92.3 Å². The third-order valence-corrected chi connectivity index (χ3v) is 5.58. The second kappa shape index (κ2) is 10.4. The monoisotopic (exact) mass is 400 g/mol. The first-order valence-electron chi connectivity index (χ1n) is 8.93. The Morgan fingerprint density at radius 3 is 2.39 bits per heavy atom. The Morgan fingerprint density at radius 1 is 1.00 bits per heavy atom.